The van der Waals surface area contributed by atoms with Crippen LogP contribution in [0.1, 0.15) is 40.4 Å². The highest BCUT2D eigenvalue weighted by molar-refractivity contribution is 6.11. The van der Waals surface area contributed by atoms with Crippen LogP contribution in [0, 0.1) is 0 Å². The standard InChI is InChI=1S/C22H20N2O5/c1-22(16-7-5-13-3-2-4-14(13)9-16)20(26)24(21(27)23-22)11-17(25)15-6-8-18-19(10-15)29-12-28-18/h5-10H,2-4,11-12H2,1H3,(H,23,27)/t22-/m0/s1. The molecular formula is C22H20N2O5. The number of ketones is 1. The maximum atomic E-state index is 13.1. The number of hydrogen-bond acceptors (Lipinski definition) is 5. The lowest BCUT2D eigenvalue weighted by atomic mass is 9.89. The molecule has 7 nitrogen and oxygen atoms in total. The number of carbonyl (C=O) groups is 3. The molecule has 29 heavy (non-hydrogen) atoms. The molecule has 1 fully saturated rings. The second-order valence-corrected chi connectivity index (χ2v) is 7.77. The van der Waals surface area contributed by atoms with Gasteiger partial charge in [0.25, 0.3) is 5.91 Å². The number of amides is 3. The molecule has 2 aliphatic heterocycles. The summed E-state index contributed by atoms with van der Waals surface area (Å²) in [5, 5.41) is 2.78. The topological polar surface area (TPSA) is 84.9 Å². The Bertz CT molecular complexity index is 1060. The highest BCUT2D eigenvalue weighted by Gasteiger charge is 2.49. The van der Waals surface area contributed by atoms with Gasteiger partial charge >= 0.3 is 6.03 Å². The maximum Gasteiger partial charge on any atom is 0.325 e. The lowest BCUT2D eigenvalue weighted by molar-refractivity contribution is -0.130. The lowest BCUT2D eigenvalue weighted by Crippen LogP contribution is -2.41. The first-order chi connectivity index (χ1) is 14.0. The summed E-state index contributed by atoms with van der Waals surface area (Å²) in [6.07, 6.45) is 3.13. The number of ether oxygens (including phenoxy) is 2. The van der Waals surface area contributed by atoms with Gasteiger partial charge in [-0.1, -0.05) is 18.2 Å². The van der Waals surface area contributed by atoms with E-state index in [1.807, 2.05) is 18.2 Å². The molecule has 0 aromatic heterocycles. The molecule has 1 aliphatic carbocycles. The molecule has 1 atom stereocenters. The van der Waals surface area contributed by atoms with Gasteiger partial charge in [-0.05, 0) is 61.1 Å². The minimum absolute atomic E-state index is 0.110. The normalized spacial score (nSPS) is 22.0. The number of fused-ring (bicyclic) bond motifs is 2. The predicted octanol–water partition coefficient (Wildman–Crippen LogP) is 2.55. The molecule has 2 heterocycles. The quantitative estimate of drug-likeness (QED) is 0.639. The van der Waals surface area contributed by atoms with Crippen molar-refractivity contribution in [3.05, 3.63) is 58.7 Å². The first-order valence-corrected chi connectivity index (χ1v) is 9.65. The van der Waals surface area contributed by atoms with Gasteiger partial charge < -0.3 is 14.8 Å². The van der Waals surface area contributed by atoms with E-state index in [0.29, 0.717) is 17.1 Å². The van der Waals surface area contributed by atoms with Crippen molar-refractivity contribution in [1.29, 1.82) is 0 Å². The van der Waals surface area contributed by atoms with Crippen LogP contribution in [0.4, 0.5) is 4.79 Å². The Balaban J connectivity index is 1.38. The van der Waals surface area contributed by atoms with Crippen LogP contribution in [0.3, 0.4) is 0 Å². The largest absolute Gasteiger partial charge is 0.454 e. The Morgan fingerprint density at radius 2 is 1.86 bits per heavy atom. The Hall–Kier alpha value is -3.35. The van der Waals surface area contributed by atoms with E-state index in [1.54, 1.807) is 25.1 Å². The highest BCUT2D eigenvalue weighted by atomic mass is 16.7. The maximum absolute atomic E-state index is 13.1. The van der Waals surface area contributed by atoms with E-state index in [9.17, 15) is 14.4 Å². The Morgan fingerprint density at radius 3 is 2.72 bits per heavy atom. The summed E-state index contributed by atoms with van der Waals surface area (Å²) in [4.78, 5) is 39.4. The van der Waals surface area contributed by atoms with Gasteiger partial charge in [-0.15, -0.1) is 0 Å². The van der Waals surface area contributed by atoms with Crippen LogP contribution in [-0.2, 0) is 23.2 Å². The van der Waals surface area contributed by atoms with Gasteiger partial charge in [0, 0.05) is 5.56 Å². The summed E-state index contributed by atoms with van der Waals surface area (Å²) in [6.45, 7) is 1.47. The summed E-state index contributed by atoms with van der Waals surface area (Å²) < 4.78 is 10.5. The van der Waals surface area contributed by atoms with Crippen LogP contribution >= 0.6 is 0 Å². The van der Waals surface area contributed by atoms with E-state index >= 15 is 0 Å². The molecule has 1 saturated heterocycles. The minimum atomic E-state index is -1.18. The van der Waals surface area contributed by atoms with E-state index < -0.39 is 17.5 Å². The fraction of sp³-hybridized carbons (Fsp3) is 0.318. The highest BCUT2D eigenvalue weighted by Crippen LogP contribution is 2.34. The van der Waals surface area contributed by atoms with Crippen LogP contribution in [0.2, 0.25) is 0 Å². The van der Waals surface area contributed by atoms with Gasteiger partial charge in [-0.25, -0.2) is 4.79 Å². The van der Waals surface area contributed by atoms with E-state index in [2.05, 4.69) is 5.32 Å². The number of nitrogens with one attached hydrogen (secondary N) is 1. The van der Waals surface area contributed by atoms with Gasteiger partial charge in [-0.3, -0.25) is 14.5 Å². The second-order valence-electron chi connectivity index (χ2n) is 7.77. The number of Topliss-reactive ketones (excluding diaryl/α,β-unsaturated/α-hetero) is 1. The summed E-state index contributed by atoms with van der Waals surface area (Å²) in [6, 6.07) is 10.2. The van der Waals surface area contributed by atoms with Crippen molar-refractivity contribution in [2.45, 2.75) is 31.7 Å². The molecule has 7 heteroatoms. The molecule has 148 valence electrons. The van der Waals surface area contributed by atoms with Crippen molar-refractivity contribution in [1.82, 2.24) is 10.2 Å². The smallest absolute Gasteiger partial charge is 0.325 e. The lowest BCUT2D eigenvalue weighted by Gasteiger charge is -2.23. The van der Waals surface area contributed by atoms with E-state index in [-0.39, 0.29) is 19.1 Å². The molecule has 1 N–H and O–H groups in total. The molecule has 0 bridgehead atoms. The third-order valence-electron chi connectivity index (χ3n) is 5.95. The number of rotatable bonds is 4. The fourth-order valence-electron chi connectivity index (χ4n) is 4.22. The number of carbonyl (C=O) groups excluding carboxylic acids is 3. The van der Waals surface area contributed by atoms with Crippen molar-refractivity contribution in [2.75, 3.05) is 13.3 Å². The third kappa shape index (κ3) is 2.76. The van der Waals surface area contributed by atoms with Crippen molar-refractivity contribution in [3.63, 3.8) is 0 Å². The summed E-state index contributed by atoms with van der Waals surface area (Å²) in [5.74, 6) is 0.288. The van der Waals surface area contributed by atoms with E-state index in [0.717, 1.165) is 29.7 Å². The minimum Gasteiger partial charge on any atom is -0.454 e. The van der Waals surface area contributed by atoms with Crippen LogP contribution in [0.25, 0.3) is 0 Å². The van der Waals surface area contributed by atoms with Crippen molar-refractivity contribution >= 4 is 17.7 Å². The van der Waals surface area contributed by atoms with Gasteiger partial charge in [0.05, 0.1) is 6.54 Å². The molecule has 3 amide bonds. The third-order valence-corrected chi connectivity index (χ3v) is 5.95. The molecular weight excluding hydrogens is 372 g/mol. The first kappa shape index (κ1) is 17.7. The molecule has 0 saturated carbocycles. The van der Waals surface area contributed by atoms with Crippen molar-refractivity contribution < 1.29 is 23.9 Å². The number of benzene rings is 2. The predicted molar refractivity (Wildman–Crippen MR) is 103 cm³/mol. The van der Waals surface area contributed by atoms with E-state index in [4.69, 9.17) is 9.47 Å². The van der Waals surface area contributed by atoms with E-state index in [1.165, 1.54) is 11.1 Å². The zero-order valence-electron chi connectivity index (χ0n) is 16.0. The number of nitrogens with zero attached hydrogens (tertiary/aromatic N) is 1. The summed E-state index contributed by atoms with van der Waals surface area (Å²) in [7, 11) is 0. The number of hydrogen-bond donors (Lipinski definition) is 1. The summed E-state index contributed by atoms with van der Waals surface area (Å²) >= 11 is 0. The van der Waals surface area contributed by atoms with Gasteiger partial charge in [0.1, 0.15) is 5.54 Å². The summed E-state index contributed by atoms with van der Waals surface area (Å²) in [5.41, 5.74) is 2.45. The molecule has 0 radical (unpaired) electrons. The fourth-order valence-corrected chi connectivity index (χ4v) is 4.22. The Morgan fingerprint density at radius 1 is 1.07 bits per heavy atom. The number of urea groups is 1. The molecule has 2 aromatic rings. The second kappa shape index (κ2) is 6.34. The number of imide groups is 1. The van der Waals surface area contributed by atoms with Crippen LogP contribution in [0.15, 0.2) is 36.4 Å². The zero-order chi connectivity index (χ0) is 20.2. The molecule has 2 aromatic carbocycles. The molecule has 0 spiro atoms. The average molecular weight is 392 g/mol. The molecule has 5 rings (SSSR count). The van der Waals surface area contributed by atoms with Crippen LogP contribution in [-0.4, -0.2) is 36.0 Å². The Kier molecular flexibility index (Phi) is 3.87. The average Bonchev–Trinajstić information content (AvgIpc) is 3.42. The molecule has 3 aliphatic rings. The SMILES string of the molecule is C[C@@]1(c2ccc3c(c2)CCC3)NC(=O)N(CC(=O)c2ccc3c(c2)OCO3)C1=O. The van der Waals surface area contributed by atoms with Crippen molar-refractivity contribution in [3.8, 4) is 11.5 Å². The number of aryl methyl sites for hydroxylation is 2. The van der Waals surface area contributed by atoms with Gasteiger partial charge in [0.15, 0.2) is 17.3 Å². The first-order valence-electron chi connectivity index (χ1n) is 9.65. The van der Waals surface area contributed by atoms with Crippen molar-refractivity contribution in [2.24, 2.45) is 0 Å². The van der Waals surface area contributed by atoms with Crippen LogP contribution in [0.5, 0.6) is 11.5 Å². The molecule has 0 unspecified atom stereocenters. The Labute approximate surface area is 167 Å². The zero-order valence-corrected chi connectivity index (χ0v) is 16.0. The monoisotopic (exact) mass is 392 g/mol. The van der Waals surface area contributed by atoms with Gasteiger partial charge in [0.2, 0.25) is 6.79 Å². The van der Waals surface area contributed by atoms with Crippen LogP contribution < -0.4 is 14.8 Å². The van der Waals surface area contributed by atoms with Gasteiger partial charge in [-0.2, -0.15) is 0 Å².